The summed E-state index contributed by atoms with van der Waals surface area (Å²) >= 11 is 0. The van der Waals surface area contributed by atoms with Gasteiger partial charge < -0.3 is 4.57 Å². The molecule has 0 spiro atoms. The summed E-state index contributed by atoms with van der Waals surface area (Å²) in [4.78, 5) is 11.7. The first-order valence-corrected chi connectivity index (χ1v) is 6.52. The molecular weight excluding hydrogens is 255 g/mol. The summed E-state index contributed by atoms with van der Waals surface area (Å²) in [6, 6.07) is 8.31. The molecule has 3 nitrogen and oxygen atoms in total. The van der Waals surface area contributed by atoms with Crippen LogP contribution in [0.4, 0.5) is 4.39 Å². The number of Topliss-reactive ketones (excluding diaryl/α,β-unsaturated/α-hetero) is 1. The van der Waals surface area contributed by atoms with Crippen LogP contribution < -0.4 is 0 Å². The van der Waals surface area contributed by atoms with Crippen molar-refractivity contribution in [2.24, 2.45) is 0 Å². The Morgan fingerprint density at radius 1 is 1.40 bits per heavy atom. The molecule has 4 heteroatoms. The molecule has 0 aliphatic carbocycles. The fraction of sp³-hybridized carbons (Fsp3) is 0.250. The molecule has 1 aromatic heterocycles. The third-order valence-electron chi connectivity index (χ3n) is 3.10. The number of benzene rings is 1. The molecular formula is C16H15FN2O. The smallest absolute Gasteiger partial charge is 0.164 e. The standard InChI is InChI=1S/C16H15FN2O/c1-2-4-15(20)13-7-8-19(10-13)11-14-6-3-5-12(9-18)16(14)17/h3,5-8,10H,2,4,11H2,1H3. The zero-order valence-corrected chi connectivity index (χ0v) is 11.3. The van der Waals surface area contributed by atoms with Crippen molar-refractivity contribution in [2.45, 2.75) is 26.3 Å². The first kappa shape index (κ1) is 14.0. The molecule has 0 atom stereocenters. The van der Waals surface area contributed by atoms with Crippen molar-refractivity contribution in [3.05, 3.63) is 59.2 Å². The Bertz CT molecular complexity index is 667. The number of ketones is 1. The maximum Gasteiger partial charge on any atom is 0.164 e. The largest absolute Gasteiger partial charge is 0.349 e. The first-order valence-electron chi connectivity index (χ1n) is 6.52. The second-order valence-electron chi connectivity index (χ2n) is 4.64. The fourth-order valence-electron chi connectivity index (χ4n) is 2.06. The van der Waals surface area contributed by atoms with Gasteiger partial charge in [0.2, 0.25) is 0 Å². The molecule has 0 saturated heterocycles. The van der Waals surface area contributed by atoms with Gasteiger partial charge in [-0.1, -0.05) is 19.1 Å². The van der Waals surface area contributed by atoms with Crippen molar-refractivity contribution in [2.75, 3.05) is 0 Å². The van der Waals surface area contributed by atoms with E-state index in [1.54, 1.807) is 35.2 Å². The van der Waals surface area contributed by atoms with Crippen LogP contribution in [0.3, 0.4) is 0 Å². The summed E-state index contributed by atoms with van der Waals surface area (Å²) in [5, 5.41) is 8.80. The van der Waals surface area contributed by atoms with Crippen molar-refractivity contribution in [1.82, 2.24) is 4.57 Å². The maximum absolute atomic E-state index is 13.9. The first-order chi connectivity index (χ1) is 9.65. The van der Waals surface area contributed by atoms with Gasteiger partial charge in [0.1, 0.15) is 11.9 Å². The molecule has 2 rings (SSSR count). The summed E-state index contributed by atoms with van der Waals surface area (Å²) in [5.41, 5.74) is 1.12. The highest BCUT2D eigenvalue weighted by Crippen LogP contribution is 2.15. The molecule has 0 unspecified atom stereocenters. The summed E-state index contributed by atoms with van der Waals surface area (Å²) in [5.74, 6) is -0.400. The van der Waals surface area contributed by atoms with Crippen LogP contribution in [0.1, 0.15) is 41.3 Å². The van der Waals surface area contributed by atoms with Gasteiger partial charge in [0.25, 0.3) is 0 Å². The Morgan fingerprint density at radius 3 is 2.90 bits per heavy atom. The highest BCUT2D eigenvalue weighted by molar-refractivity contribution is 5.95. The van der Waals surface area contributed by atoms with Crippen molar-refractivity contribution >= 4 is 5.78 Å². The lowest BCUT2D eigenvalue weighted by atomic mass is 10.1. The number of nitriles is 1. The number of halogens is 1. The number of hydrogen-bond acceptors (Lipinski definition) is 2. The van der Waals surface area contributed by atoms with Gasteiger partial charge in [-0.15, -0.1) is 0 Å². The van der Waals surface area contributed by atoms with Crippen LogP contribution in [0.5, 0.6) is 0 Å². The van der Waals surface area contributed by atoms with Crippen LogP contribution in [0.2, 0.25) is 0 Å². The average Bonchev–Trinajstić information content (AvgIpc) is 2.90. The number of rotatable bonds is 5. The molecule has 2 aromatic rings. The van der Waals surface area contributed by atoms with Crippen molar-refractivity contribution in [1.29, 1.82) is 5.26 Å². The highest BCUT2D eigenvalue weighted by Gasteiger charge is 2.10. The molecule has 1 heterocycles. The monoisotopic (exact) mass is 270 g/mol. The quantitative estimate of drug-likeness (QED) is 0.780. The molecule has 20 heavy (non-hydrogen) atoms. The normalized spacial score (nSPS) is 10.2. The molecule has 0 amide bonds. The molecule has 0 N–H and O–H groups in total. The van der Waals surface area contributed by atoms with Crippen molar-refractivity contribution in [3.63, 3.8) is 0 Å². The van der Waals surface area contributed by atoms with E-state index in [9.17, 15) is 9.18 Å². The van der Waals surface area contributed by atoms with E-state index in [-0.39, 0.29) is 11.3 Å². The van der Waals surface area contributed by atoms with Crippen LogP contribution in [0, 0.1) is 17.1 Å². The Kier molecular flexibility index (Phi) is 4.31. The average molecular weight is 270 g/mol. The fourth-order valence-corrected chi connectivity index (χ4v) is 2.06. The summed E-state index contributed by atoms with van der Waals surface area (Å²) in [6.45, 7) is 2.26. The van der Waals surface area contributed by atoms with E-state index in [4.69, 9.17) is 5.26 Å². The second kappa shape index (κ2) is 6.16. The SMILES string of the molecule is CCCC(=O)c1ccn(Cc2cccc(C#N)c2F)c1. The van der Waals surface area contributed by atoms with Crippen molar-refractivity contribution in [3.8, 4) is 6.07 Å². The van der Waals surface area contributed by atoms with Gasteiger partial charge in [-0.05, 0) is 18.6 Å². The molecule has 102 valence electrons. The number of aromatic nitrogens is 1. The lowest BCUT2D eigenvalue weighted by molar-refractivity contribution is 0.0981. The van der Waals surface area contributed by atoms with E-state index in [0.29, 0.717) is 24.1 Å². The van der Waals surface area contributed by atoms with Crippen LogP contribution in [-0.4, -0.2) is 10.4 Å². The zero-order valence-electron chi connectivity index (χ0n) is 11.3. The van der Waals surface area contributed by atoms with Crippen LogP contribution in [0.25, 0.3) is 0 Å². The predicted octanol–water partition coefficient (Wildman–Crippen LogP) is 3.53. The molecule has 0 aliphatic rings. The molecule has 0 bridgehead atoms. The minimum Gasteiger partial charge on any atom is -0.349 e. The third-order valence-corrected chi connectivity index (χ3v) is 3.10. The number of carbonyl (C=O) groups is 1. The van der Waals surface area contributed by atoms with Gasteiger partial charge in [-0.25, -0.2) is 4.39 Å². The topological polar surface area (TPSA) is 45.8 Å². The van der Waals surface area contributed by atoms with E-state index >= 15 is 0 Å². The third kappa shape index (κ3) is 2.94. The van der Waals surface area contributed by atoms with Crippen LogP contribution >= 0.6 is 0 Å². The van der Waals surface area contributed by atoms with Crippen LogP contribution in [0.15, 0.2) is 36.7 Å². The summed E-state index contributed by atoms with van der Waals surface area (Å²) in [7, 11) is 0. The number of nitrogens with zero attached hydrogens (tertiary/aromatic N) is 2. The number of hydrogen-bond donors (Lipinski definition) is 0. The van der Waals surface area contributed by atoms with Crippen molar-refractivity contribution < 1.29 is 9.18 Å². The predicted molar refractivity (Wildman–Crippen MR) is 73.9 cm³/mol. The summed E-state index contributed by atoms with van der Waals surface area (Å²) < 4.78 is 15.7. The molecule has 0 fully saturated rings. The van der Waals surface area contributed by atoms with Gasteiger partial charge in [0.15, 0.2) is 5.78 Å². The second-order valence-corrected chi connectivity index (χ2v) is 4.64. The zero-order chi connectivity index (χ0) is 14.5. The summed E-state index contributed by atoms with van der Waals surface area (Å²) in [6.07, 6.45) is 4.79. The minimum absolute atomic E-state index is 0.0388. The molecule has 1 aromatic carbocycles. The maximum atomic E-state index is 13.9. The van der Waals surface area contributed by atoms with E-state index < -0.39 is 5.82 Å². The van der Waals surface area contributed by atoms with Gasteiger partial charge in [-0.3, -0.25) is 4.79 Å². The van der Waals surface area contributed by atoms with E-state index in [2.05, 4.69) is 0 Å². The minimum atomic E-state index is -0.495. The lowest BCUT2D eigenvalue weighted by Crippen LogP contribution is -2.02. The van der Waals surface area contributed by atoms with Crippen LogP contribution in [-0.2, 0) is 6.54 Å². The molecule has 0 radical (unpaired) electrons. The van der Waals surface area contributed by atoms with E-state index in [1.165, 1.54) is 6.07 Å². The Balaban J connectivity index is 2.19. The van der Waals surface area contributed by atoms with Gasteiger partial charge in [0, 0.05) is 36.5 Å². The molecule has 0 saturated carbocycles. The van der Waals surface area contributed by atoms with Gasteiger partial charge in [0.05, 0.1) is 5.56 Å². The lowest BCUT2D eigenvalue weighted by Gasteiger charge is -2.05. The van der Waals surface area contributed by atoms with Gasteiger partial charge >= 0.3 is 0 Å². The van der Waals surface area contributed by atoms with Gasteiger partial charge in [-0.2, -0.15) is 5.26 Å². The Labute approximate surface area is 117 Å². The highest BCUT2D eigenvalue weighted by atomic mass is 19.1. The van der Waals surface area contributed by atoms with E-state index in [1.807, 2.05) is 13.0 Å². The number of carbonyl (C=O) groups excluding carboxylic acids is 1. The molecule has 0 aliphatic heterocycles. The Morgan fingerprint density at radius 2 is 2.20 bits per heavy atom. The Hall–Kier alpha value is -2.41. The van der Waals surface area contributed by atoms with E-state index in [0.717, 1.165) is 6.42 Å².